The maximum absolute atomic E-state index is 11.7. The van der Waals surface area contributed by atoms with E-state index in [1.807, 2.05) is 6.07 Å². The van der Waals surface area contributed by atoms with Crippen LogP contribution in [0.25, 0.3) is 11.3 Å². The fourth-order valence-corrected chi connectivity index (χ4v) is 1.55. The minimum absolute atomic E-state index is 0.252. The summed E-state index contributed by atoms with van der Waals surface area (Å²) in [5, 5.41) is 2.65. The molecule has 0 spiro atoms. The smallest absolute Gasteiger partial charge is 0.287 e. The van der Waals surface area contributed by atoms with Crippen molar-refractivity contribution < 1.29 is 9.21 Å². The Hall–Kier alpha value is -2.29. The molecule has 0 aliphatic carbocycles. The van der Waals surface area contributed by atoms with Crippen LogP contribution >= 0.6 is 11.6 Å². The molecule has 2 aromatic heterocycles. The Balaban J connectivity index is 2.05. The number of furan rings is 1. The van der Waals surface area contributed by atoms with Gasteiger partial charge in [0.15, 0.2) is 5.76 Å². The zero-order valence-electron chi connectivity index (χ0n) is 9.97. The van der Waals surface area contributed by atoms with Gasteiger partial charge in [-0.1, -0.05) is 11.6 Å². The Morgan fingerprint density at radius 3 is 3.11 bits per heavy atom. The first kappa shape index (κ1) is 13.1. The van der Waals surface area contributed by atoms with E-state index < -0.39 is 0 Å². The maximum atomic E-state index is 11.7. The Bertz CT molecular complexity index is 613. The van der Waals surface area contributed by atoms with Crippen molar-refractivity contribution in [3.8, 4) is 11.3 Å². The largest absolute Gasteiger partial charge is 0.451 e. The number of carbonyl (C=O) groups is 1. The molecule has 0 saturated heterocycles. The van der Waals surface area contributed by atoms with Gasteiger partial charge in [-0.05, 0) is 30.3 Å². The first-order valence-electron chi connectivity index (χ1n) is 5.59. The molecular weight excluding hydrogens is 264 g/mol. The zero-order chi connectivity index (χ0) is 13.5. The highest BCUT2D eigenvalue weighted by molar-refractivity contribution is 6.25. The molecule has 19 heavy (non-hydrogen) atoms. The second-order valence-electron chi connectivity index (χ2n) is 3.60. The van der Waals surface area contributed by atoms with E-state index in [1.54, 1.807) is 36.7 Å². The summed E-state index contributed by atoms with van der Waals surface area (Å²) in [7, 11) is 0. The fraction of sp³-hybridized carbons (Fsp3) is 0.0714. The van der Waals surface area contributed by atoms with Crippen LogP contribution in [0.5, 0.6) is 0 Å². The molecule has 0 bridgehead atoms. The Morgan fingerprint density at radius 1 is 1.47 bits per heavy atom. The number of nitrogens with zero attached hydrogens (tertiary/aromatic N) is 1. The summed E-state index contributed by atoms with van der Waals surface area (Å²) in [6.07, 6.45) is 4.96. The van der Waals surface area contributed by atoms with Gasteiger partial charge >= 0.3 is 0 Å². The molecule has 1 amide bonds. The average Bonchev–Trinajstić information content (AvgIpc) is 2.94. The summed E-state index contributed by atoms with van der Waals surface area (Å²) in [6.45, 7) is 0.338. The van der Waals surface area contributed by atoms with Crippen molar-refractivity contribution in [2.24, 2.45) is 0 Å². The van der Waals surface area contributed by atoms with Crippen LogP contribution in [-0.2, 0) is 0 Å². The predicted molar refractivity (Wildman–Crippen MR) is 72.8 cm³/mol. The number of amides is 1. The molecule has 0 unspecified atom stereocenters. The molecular formula is C14H11ClN2O2. The lowest BCUT2D eigenvalue weighted by Gasteiger charge is -1.98. The van der Waals surface area contributed by atoms with E-state index in [9.17, 15) is 4.79 Å². The lowest BCUT2D eigenvalue weighted by Crippen LogP contribution is -2.22. The number of halogens is 1. The maximum Gasteiger partial charge on any atom is 0.287 e. The molecule has 2 rings (SSSR count). The molecule has 0 saturated carbocycles. The van der Waals surface area contributed by atoms with Crippen LogP contribution < -0.4 is 5.32 Å². The van der Waals surface area contributed by atoms with E-state index in [2.05, 4.69) is 16.0 Å². The minimum Gasteiger partial charge on any atom is -0.451 e. The van der Waals surface area contributed by atoms with Crippen molar-refractivity contribution in [3.05, 3.63) is 59.8 Å². The third-order valence-electron chi connectivity index (χ3n) is 2.32. The van der Waals surface area contributed by atoms with Gasteiger partial charge in [0.25, 0.3) is 5.91 Å². The van der Waals surface area contributed by atoms with Gasteiger partial charge in [0, 0.05) is 30.0 Å². The van der Waals surface area contributed by atoms with Gasteiger partial charge in [0.1, 0.15) is 5.76 Å². The van der Waals surface area contributed by atoms with E-state index >= 15 is 0 Å². The second-order valence-corrected chi connectivity index (χ2v) is 3.81. The summed E-state index contributed by atoms with van der Waals surface area (Å²) < 4.78 is 5.47. The predicted octanol–water partition coefficient (Wildman–Crippen LogP) is 2.98. The van der Waals surface area contributed by atoms with Crippen LogP contribution in [0.2, 0.25) is 0 Å². The summed E-state index contributed by atoms with van der Waals surface area (Å²) >= 11 is 5.30. The summed E-state index contributed by atoms with van der Waals surface area (Å²) in [4.78, 5) is 15.7. The van der Waals surface area contributed by atoms with Crippen LogP contribution in [0.15, 0.2) is 58.4 Å². The molecule has 0 aromatic carbocycles. The van der Waals surface area contributed by atoms with E-state index in [0.717, 1.165) is 5.56 Å². The van der Waals surface area contributed by atoms with Crippen LogP contribution in [0.3, 0.4) is 0 Å². The van der Waals surface area contributed by atoms with Crippen molar-refractivity contribution in [1.82, 2.24) is 10.3 Å². The van der Waals surface area contributed by atoms with Crippen molar-refractivity contribution in [2.45, 2.75) is 0 Å². The van der Waals surface area contributed by atoms with Crippen molar-refractivity contribution in [1.29, 1.82) is 0 Å². The normalized spacial score (nSPS) is 9.53. The molecule has 4 nitrogen and oxygen atoms in total. The highest BCUT2D eigenvalue weighted by Gasteiger charge is 2.11. The number of carbonyl (C=O) groups excluding carboxylic acids is 1. The number of hydrogen-bond donors (Lipinski definition) is 1. The minimum atomic E-state index is -0.289. The number of rotatable bonds is 4. The highest BCUT2D eigenvalue weighted by atomic mass is 35.5. The fourth-order valence-electron chi connectivity index (χ4n) is 1.46. The summed E-state index contributed by atoms with van der Waals surface area (Å²) in [5.74, 6) is 0.569. The lowest BCUT2D eigenvalue weighted by atomic mass is 10.2. The average molecular weight is 275 g/mol. The van der Waals surface area contributed by atoms with Crippen molar-refractivity contribution in [2.75, 3.05) is 6.54 Å². The van der Waals surface area contributed by atoms with Gasteiger partial charge in [-0.25, -0.2) is 0 Å². The molecule has 96 valence electrons. The monoisotopic (exact) mass is 274 g/mol. The molecule has 0 aliphatic rings. The van der Waals surface area contributed by atoms with Crippen molar-refractivity contribution >= 4 is 17.5 Å². The Kier molecular flexibility index (Phi) is 4.56. The van der Waals surface area contributed by atoms with Gasteiger partial charge in [-0.2, -0.15) is 0 Å². The van der Waals surface area contributed by atoms with Crippen molar-refractivity contribution in [3.63, 3.8) is 0 Å². The number of aromatic nitrogens is 1. The van der Waals surface area contributed by atoms with Crippen LogP contribution in [-0.4, -0.2) is 17.4 Å². The second kappa shape index (κ2) is 6.59. The lowest BCUT2D eigenvalue weighted by molar-refractivity contribution is 0.0931. The van der Waals surface area contributed by atoms with Crippen LogP contribution in [0.4, 0.5) is 0 Å². The standard InChI is InChI=1S/C14H11ClN2O2/c15-7-1-2-9-17-14(18)13-6-5-12(19-13)11-4-3-8-16-10-11/h2-8,10H,9H2,(H,17,18). The third kappa shape index (κ3) is 3.58. The van der Waals surface area contributed by atoms with E-state index in [4.69, 9.17) is 16.0 Å². The van der Waals surface area contributed by atoms with Crippen LogP contribution in [0, 0.1) is 0 Å². The van der Waals surface area contributed by atoms with E-state index in [1.165, 1.54) is 5.54 Å². The quantitative estimate of drug-likeness (QED) is 0.872. The zero-order valence-corrected chi connectivity index (χ0v) is 10.7. The molecule has 1 N–H and O–H groups in total. The summed E-state index contributed by atoms with van der Waals surface area (Å²) in [5.41, 5.74) is 4.72. The molecule has 0 radical (unpaired) electrons. The van der Waals surface area contributed by atoms with E-state index in [0.29, 0.717) is 12.3 Å². The summed E-state index contributed by atoms with van der Waals surface area (Å²) in [6, 6.07) is 7.03. The molecule has 0 aliphatic heterocycles. The van der Waals surface area contributed by atoms with E-state index in [-0.39, 0.29) is 11.7 Å². The number of hydrogen-bond acceptors (Lipinski definition) is 3. The molecule has 0 atom stereocenters. The van der Waals surface area contributed by atoms with Gasteiger partial charge < -0.3 is 9.73 Å². The van der Waals surface area contributed by atoms with Gasteiger partial charge in [0.05, 0.1) is 0 Å². The van der Waals surface area contributed by atoms with Gasteiger partial charge in [0.2, 0.25) is 0 Å². The Labute approximate surface area is 115 Å². The molecule has 5 heteroatoms. The topological polar surface area (TPSA) is 55.1 Å². The van der Waals surface area contributed by atoms with Gasteiger partial charge in [-0.3, -0.25) is 9.78 Å². The molecule has 2 heterocycles. The first-order valence-corrected chi connectivity index (χ1v) is 6.03. The van der Waals surface area contributed by atoms with Crippen LogP contribution in [0.1, 0.15) is 10.6 Å². The molecule has 2 aromatic rings. The number of pyridine rings is 1. The number of nitrogens with one attached hydrogen (secondary N) is 1. The third-order valence-corrected chi connectivity index (χ3v) is 2.45. The highest BCUT2D eigenvalue weighted by Crippen LogP contribution is 2.20. The SMILES string of the molecule is O=C(NCC=C=CCl)c1ccc(-c2cccnc2)o1. The van der Waals surface area contributed by atoms with Gasteiger partial charge in [-0.15, -0.1) is 5.73 Å². The molecule has 0 fully saturated rings. The first-order chi connectivity index (χ1) is 9.31. The Morgan fingerprint density at radius 2 is 2.37 bits per heavy atom.